The molecule has 2 aromatic rings. The van der Waals surface area contributed by atoms with Crippen molar-refractivity contribution in [3.05, 3.63) is 52.6 Å². The number of benzene rings is 2. The van der Waals surface area contributed by atoms with E-state index < -0.39 is 0 Å². The number of ether oxygens (including phenoxy) is 1. The molecule has 2 aromatic carbocycles. The van der Waals surface area contributed by atoms with Crippen LogP contribution in [0, 0.1) is 13.8 Å². The van der Waals surface area contributed by atoms with E-state index in [2.05, 4.69) is 36.9 Å². The minimum Gasteiger partial charge on any atom is -0.492 e. The molecule has 0 radical (unpaired) electrons. The minimum atomic E-state index is -0.146. The molecular weight excluding hydrogens is 344 g/mol. The maximum atomic E-state index is 12.8. The highest BCUT2D eigenvalue weighted by molar-refractivity contribution is 7.99. The predicted molar refractivity (Wildman–Crippen MR) is 113 cm³/mol. The van der Waals surface area contributed by atoms with Crippen LogP contribution in [0.3, 0.4) is 0 Å². The lowest BCUT2D eigenvalue weighted by Gasteiger charge is -2.24. The zero-order valence-corrected chi connectivity index (χ0v) is 17.4. The van der Waals surface area contributed by atoms with E-state index in [9.17, 15) is 4.79 Å². The third kappa shape index (κ3) is 4.52. The van der Waals surface area contributed by atoms with Gasteiger partial charge in [0.15, 0.2) is 5.75 Å². The van der Waals surface area contributed by atoms with Gasteiger partial charge in [-0.1, -0.05) is 38.8 Å². The molecule has 0 bridgehead atoms. The maximum absolute atomic E-state index is 12.8. The van der Waals surface area contributed by atoms with Crippen molar-refractivity contribution in [2.45, 2.75) is 40.0 Å². The summed E-state index contributed by atoms with van der Waals surface area (Å²) in [5, 5.41) is 3.02. The van der Waals surface area contributed by atoms with Gasteiger partial charge in [0.05, 0.1) is 18.5 Å². The fraction of sp³-hybridized carbons (Fsp3) is 0.381. The maximum Gasteiger partial charge on any atom is 0.255 e. The molecule has 0 heterocycles. The molecule has 2 rings (SSSR count). The highest BCUT2D eigenvalue weighted by Gasteiger charge is 2.21. The molecule has 0 saturated heterocycles. The third-order valence-electron chi connectivity index (χ3n) is 4.39. The van der Waals surface area contributed by atoms with E-state index in [1.165, 1.54) is 17.5 Å². The van der Waals surface area contributed by atoms with Crippen molar-refractivity contribution < 1.29 is 9.53 Å². The number of anilines is 2. The predicted octanol–water partition coefficient (Wildman–Crippen LogP) is 5.55. The van der Waals surface area contributed by atoms with Crippen molar-refractivity contribution in [1.29, 1.82) is 0 Å². The van der Waals surface area contributed by atoms with Gasteiger partial charge in [-0.05, 0) is 60.2 Å². The summed E-state index contributed by atoms with van der Waals surface area (Å²) in [6, 6.07) is 9.78. The lowest BCUT2D eigenvalue weighted by atomic mass is 9.86. The average molecular weight is 373 g/mol. The SMILES string of the molecule is COc1c(NSC)cc(C(C)(C)C)cc1NC(=O)c1ccc(C)c(C)c1. The Balaban J connectivity index is 2.47. The van der Waals surface area contributed by atoms with Crippen LogP contribution in [0.4, 0.5) is 11.4 Å². The van der Waals surface area contributed by atoms with Crippen LogP contribution in [0.1, 0.15) is 47.8 Å². The van der Waals surface area contributed by atoms with E-state index in [1.54, 1.807) is 7.11 Å². The molecule has 0 saturated carbocycles. The molecule has 0 aliphatic rings. The second kappa shape index (κ2) is 8.04. The second-order valence-corrected chi connectivity index (χ2v) is 8.03. The summed E-state index contributed by atoms with van der Waals surface area (Å²) in [7, 11) is 1.61. The van der Waals surface area contributed by atoms with Gasteiger partial charge in [-0.2, -0.15) is 0 Å². The number of aryl methyl sites for hydroxylation is 2. The van der Waals surface area contributed by atoms with E-state index in [1.807, 2.05) is 44.4 Å². The molecule has 0 aromatic heterocycles. The first-order chi connectivity index (χ1) is 12.2. The molecule has 0 spiro atoms. The fourth-order valence-electron chi connectivity index (χ4n) is 2.64. The Kier molecular flexibility index (Phi) is 6.24. The number of carbonyl (C=O) groups excluding carboxylic acids is 1. The van der Waals surface area contributed by atoms with Crippen LogP contribution in [0.2, 0.25) is 0 Å². The quantitative estimate of drug-likeness (QED) is 0.676. The molecule has 0 fully saturated rings. The van der Waals surface area contributed by atoms with Gasteiger partial charge in [-0.3, -0.25) is 4.79 Å². The Labute approximate surface area is 160 Å². The Morgan fingerprint density at radius 3 is 2.23 bits per heavy atom. The minimum absolute atomic E-state index is 0.0545. The summed E-state index contributed by atoms with van der Waals surface area (Å²) in [6.45, 7) is 10.5. The van der Waals surface area contributed by atoms with Gasteiger partial charge in [0.25, 0.3) is 5.91 Å². The summed E-state index contributed by atoms with van der Waals surface area (Å²) in [6.07, 6.45) is 1.95. The molecular formula is C21H28N2O2S. The standard InChI is InChI=1S/C21H28N2O2S/c1-13-8-9-15(10-14(13)2)20(24)22-17-11-16(21(3,4)5)12-18(23-26-7)19(17)25-6/h8-12,23H,1-7H3,(H,22,24). The van der Waals surface area contributed by atoms with Gasteiger partial charge in [0.1, 0.15) is 0 Å². The van der Waals surface area contributed by atoms with E-state index >= 15 is 0 Å². The van der Waals surface area contributed by atoms with E-state index in [4.69, 9.17) is 4.74 Å². The topological polar surface area (TPSA) is 50.4 Å². The molecule has 2 N–H and O–H groups in total. The molecule has 0 aliphatic carbocycles. The largest absolute Gasteiger partial charge is 0.492 e. The van der Waals surface area contributed by atoms with Crippen molar-refractivity contribution >= 4 is 29.2 Å². The van der Waals surface area contributed by atoms with E-state index in [0.29, 0.717) is 17.0 Å². The summed E-state index contributed by atoms with van der Waals surface area (Å²) in [5.74, 6) is 0.483. The van der Waals surface area contributed by atoms with Gasteiger partial charge >= 0.3 is 0 Å². The summed E-state index contributed by atoms with van der Waals surface area (Å²) >= 11 is 1.49. The Hall–Kier alpha value is -2.14. The number of hydrogen-bond donors (Lipinski definition) is 2. The monoisotopic (exact) mass is 372 g/mol. The Morgan fingerprint density at radius 1 is 1.04 bits per heavy atom. The number of methoxy groups -OCH3 is 1. The first kappa shape index (κ1) is 20.2. The van der Waals surface area contributed by atoms with Crippen LogP contribution >= 0.6 is 11.9 Å². The van der Waals surface area contributed by atoms with Crippen LogP contribution < -0.4 is 14.8 Å². The normalized spacial score (nSPS) is 11.2. The van der Waals surface area contributed by atoms with Gasteiger partial charge in [0.2, 0.25) is 0 Å². The molecule has 0 aliphatic heterocycles. The summed E-state index contributed by atoms with van der Waals surface area (Å²) < 4.78 is 8.84. The van der Waals surface area contributed by atoms with Crippen LogP contribution in [0.25, 0.3) is 0 Å². The van der Waals surface area contributed by atoms with E-state index in [0.717, 1.165) is 16.8 Å². The van der Waals surface area contributed by atoms with Crippen molar-refractivity contribution in [2.75, 3.05) is 23.4 Å². The first-order valence-corrected chi connectivity index (χ1v) is 9.80. The molecule has 5 heteroatoms. The number of rotatable bonds is 5. The van der Waals surface area contributed by atoms with Crippen LogP contribution in [-0.4, -0.2) is 19.3 Å². The van der Waals surface area contributed by atoms with Crippen molar-refractivity contribution in [1.82, 2.24) is 0 Å². The van der Waals surface area contributed by atoms with Gasteiger partial charge in [-0.25, -0.2) is 0 Å². The number of carbonyl (C=O) groups is 1. The lowest BCUT2D eigenvalue weighted by Crippen LogP contribution is -2.16. The fourth-order valence-corrected chi connectivity index (χ4v) is 3.01. The summed E-state index contributed by atoms with van der Waals surface area (Å²) in [5.41, 5.74) is 5.47. The first-order valence-electron chi connectivity index (χ1n) is 8.57. The zero-order valence-electron chi connectivity index (χ0n) is 16.6. The highest BCUT2D eigenvalue weighted by atomic mass is 32.2. The smallest absolute Gasteiger partial charge is 0.255 e. The number of nitrogens with one attached hydrogen (secondary N) is 2. The summed E-state index contributed by atoms with van der Waals surface area (Å²) in [4.78, 5) is 12.8. The number of amides is 1. The van der Waals surface area contributed by atoms with Crippen LogP contribution in [-0.2, 0) is 5.41 Å². The second-order valence-electron chi connectivity index (χ2n) is 7.41. The molecule has 26 heavy (non-hydrogen) atoms. The van der Waals surface area contributed by atoms with Crippen molar-refractivity contribution in [3.8, 4) is 5.75 Å². The van der Waals surface area contributed by atoms with Crippen LogP contribution in [0.15, 0.2) is 30.3 Å². The Bertz CT molecular complexity index is 810. The highest BCUT2D eigenvalue weighted by Crippen LogP contribution is 2.39. The Morgan fingerprint density at radius 2 is 1.69 bits per heavy atom. The van der Waals surface area contributed by atoms with Gasteiger partial charge in [-0.15, -0.1) is 0 Å². The number of hydrogen-bond acceptors (Lipinski definition) is 4. The lowest BCUT2D eigenvalue weighted by molar-refractivity contribution is 0.102. The molecule has 4 nitrogen and oxygen atoms in total. The average Bonchev–Trinajstić information content (AvgIpc) is 2.56. The van der Waals surface area contributed by atoms with Crippen LogP contribution in [0.5, 0.6) is 5.75 Å². The molecule has 0 atom stereocenters. The van der Waals surface area contributed by atoms with Gasteiger partial charge < -0.3 is 14.8 Å². The van der Waals surface area contributed by atoms with E-state index in [-0.39, 0.29) is 11.3 Å². The molecule has 0 unspecified atom stereocenters. The molecule has 140 valence electrons. The van der Waals surface area contributed by atoms with Gasteiger partial charge in [0, 0.05) is 11.8 Å². The van der Waals surface area contributed by atoms with Crippen molar-refractivity contribution in [2.24, 2.45) is 0 Å². The molecule has 1 amide bonds. The zero-order chi connectivity index (χ0) is 19.5. The van der Waals surface area contributed by atoms with Crippen molar-refractivity contribution in [3.63, 3.8) is 0 Å². The third-order valence-corrected chi connectivity index (χ3v) is 4.81.